The summed E-state index contributed by atoms with van der Waals surface area (Å²) >= 11 is 0. The van der Waals surface area contributed by atoms with Crippen molar-refractivity contribution in [3.8, 4) is 0 Å². The van der Waals surface area contributed by atoms with Crippen LogP contribution in [0.3, 0.4) is 0 Å². The number of aromatic nitrogens is 2. The van der Waals surface area contributed by atoms with E-state index in [-0.39, 0.29) is 11.9 Å². The summed E-state index contributed by atoms with van der Waals surface area (Å²) in [5, 5.41) is 8.84. The first kappa shape index (κ1) is 18.6. The third kappa shape index (κ3) is 3.61. The molecule has 1 aliphatic carbocycles. The van der Waals surface area contributed by atoms with E-state index in [4.69, 9.17) is 0 Å². The molecule has 0 bridgehead atoms. The van der Waals surface area contributed by atoms with Crippen molar-refractivity contribution in [1.29, 1.82) is 0 Å². The zero-order valence-electron chi connectivity index (χ0n) is 17.1. The van der Waals surface area contributed by atoms with Crippen LogP contribution in [0.15, 0.2) is 72.9 Å². The highest BCUT2D eigenvalue weighted by atomic mass is 16.1. The Morgan fingerprint density at radius 1 is 1.10 bits per heavy atom. The summed E-state index contributed by atoms with van der Waals surface area (Å²) in [5.74, 6) is -0.0262. The standard InChI is InChI=1S/C26H25N3O/c1-18-9-11-19(12-10-18)17-29-25-15-21(13-14-22(25)16-27-29)26(30)28-24-8-4-6-20-5-2-3-7-23(20)24/h2-3,5,7,9-16,24H,4,6,8,17H2,1H3,(H,28,30)/t24-/m1/s1. The topological polar surface area (TPSA) is 46.9 Å². The third-order valence-corrected chi connectivity index (χ3v) is 6.03. The van der Waals surface area contributed by atoms with Crippen LogP contribution in [0.5, 0.6) is 0 Å². The highest BCUT2D eigenvalue weighted by Gasteiger charge is 2.22. The number of nitrogens with one attached hydrogen (secondary N) is 1. The summed E-state index contributed by atoms with van der Waals surface area (Å²) in [6.45, 7) is 2.77. The van der Waals surface area contributed by atoms with Crippen molar-refractivity contribution in [2.75, 3.05) is 0 Å². The fraction of sp³-hybridized carbons (Fsp3) is 0.231. The average Bonchev–Trinajstić information content (AvgIpc) is 3.17. The van der Waals surface area contributed by atoms with Gasteiger partial charge in [0.25, 0.3) is 5.91 Å². The predicted octanol–water partition coefficient (Wildman–Crippen LogP) is 5.20. The van der Waals surface area contributed by atoms with Crippen LogP contribution in [-0.2, 0) is 13.0 Å². The van der Waals surface area contributed by atoms with E-state index in [9.17, 15) is 4.79 Å². The molecule has 30 heavy (non-hydrogen) atoms. The first-order valence-corrected chi connectivity index (χ1v) is 10.6. The number of hydrogen-bond donors (Lipinski definition) is 1. The van der Waals surface area contributed by atoms with Crippen molar-refractivity contribution in [3.05, 3.63) is 101 Å². The van der Waals surface area contributed by atoms with Gasteiger partial charge in [-0.3, -0.25) is 9.48 Å². The van der Waals surface area contributed by atoms with Crippen LogP contribution in [0.2, 0.25) is 0 Å². The van der Waals surface area contributed by atoms with Crippen molar-refractivity contribution in [2.45, 2.75) is 38.8 Å². The highest BCUT2D eigenvalue weighted by molar-refractivity contribution is 5.98. The number of benzene rings is 3. The second-order valence-corrected chi connectivity index (χ2v) is 8.18. The Labute approximate surface area is 176 Å². The van der Waals surface area contributed by atoms with Crippen molar-refractivity contribution < 1.29 is 4.79 Å². The Bertz CT molecular complexity index is 1210. The van der Waals surface area contributed by atoms with Crippen LogP contribution < -0.4 is 5.32 Å². The second-order valence-electron chi connectivity index (χ2n) is 8.18. The van der Waals surface area contributed by atoms with E-state index in [2.05, 4.69) is 65.9 Å². The van der Waals surface area contributed by atoms with Crippen LogP contribution in [-0.4, -0.2) is 15.7 Å². The van der Waals surface area contributed by atoms with Crippen LogP contribution >= 0.6 is 0 Å². The summed E-state index contributed by atoms with van der Waals surface area (Å²) < 4.78 is 1.96. The van der Waals surface area contributed by atoms with Crippen molar-refractivity contribution in [2.24, 2.45) is 0 Å². The first-order chi connectivity index (χ1) is 14.7. The smallest absolute Gasteiger partial charge is 0.251 e. The molecule has 1 atom stereocenters. The number of carbonyl (C=O) groups excluding carboxylic acids is 1. The fourth-order valence-corrected chi connectivity index (χ4v) is 4.35. The van der Waals surface area contributed by atoms with E-state index in [1.165, 1.54) is 22.3 Å². The number of fused-ring (bicyclic) bond motifs is 2. The maximum atomic E-state index is 13.1. The molecule has 5 rings (SSSR count). The Balaban J connectivity index is 1.39. The van der Waals surface area contributed by atoms with E-state index in [0.29, 0.717) is 12.1 Å². The molecule has 0 saturated heterocycles. The van der Waals surface area contributed by atoms with Gasteiger partial charge in [0.15, 0.2) is 0 Å². The summed E-state index contributed by atoms with van der Waals surface area (Å²) in [7, 11) is 0. The molecule has 1 aromatic heterocycles. The molecule has 0 aliphatic heterocycles. The Morgan fingerprint density at radius 3 is 2.80 bits per heavy atom. The molecule has 1 N–H and O–H groups in total. The lowest BCUT2D eigenvalue weighted by molar-refractivity contribution is 0.0933. The van der Waals surface area contributed by atoms with Gasteiger partial charge in [0.1, 0.15) is 0 Å². The lowest BCUT2D eigenvalue weighted by Crippen LogP contribution is -2.30. The number of rotatable bonds is 4. The second kappa shape index (κ2) is 7.79. The molecule has 150 valence electrons. The zero-order valence-corrected chi connectivity index (χ0v) is 17.1. The normalized spacial score (nSPS) is 15.7. The van der Waals surface area contributed by atoms with Crippen molar-refractivity contribution in [1.82, 2.24) is 15.1 Å². The van der Waals surface area contributed by atoms with Gasteiger partial charge in [0.05, 0.1) is 24.3 Å². The van der Waals surface area contributed by atoms with Gasteiger partial charge in [0.2, 0.25) is 0 Å². The van der Waals surface area contributed by atoms with Gasteiger partial charge in [-0.15, -0.1) is 0 Å². The third-order valence-electron chi connectivity index (χ3n) is 6.03. The van der Waals surface area contributed by atoms with Gasteiger partial charge in [-0.05, 0) is 55.0 Å². The summed E-state index contributed by atoms with van der Waals surface area (Å²) in [5.41, 5.74) is 6.69. The average molecular weight is 396 g/mol. The van der Waals surface area contributed by atoms with Gasteiger partial charge in [-0.2, -0.15) is 5.10 Å². The molecule has 4 nitrogen and oxygen atoms in total. The Hall–Kier alpha value is -3.40. The quantitative estimate of drug-likeness (QED) is 0.516. The molecule has 0 fully saturated rings. The van der Waals surface area contributed by atoms with E-state index in [1.807, 2.05) is 29.1 Å². The van der Waals surface area contributed by atoms with Gasteiger partial charge < -0.3 is 5.32 Å². The molecule has 0 saturated carbocycles. The van der Waals surface area contributed by atoms with Crippen LogP contribution in [0.1, 0.15) is 51.5 Å². The molecule has 1 heterocycles. The lowest BCUT2D eigenvalue weighted by atomic mass is 9.87. The molecule has 0 spiro atoms. The molecule has 4 heteroatoms. The van der Waals surface area contributed by atoms with E-state index < -0.39 is 0 Å². The SMILES string of the molecule is Cc1ccc(Cn2ncc3ccc(C(=O)N[C@@H]4CCCc5ccccc54)cc32)cc1. The number of carbonyl (C=O) groups is 1. The first-order valence-electron chi connectivity index (χ1n) is 10.6. The molecule has 0 radical (unpaired) electrons. The predicted molar refractivity (Wildman–Crippen MR) is 120 cm³/mol. The van der Waals surface area contributed by atoms with Gasteiger partial charge >= 0.3 is 0 Å². The minimum Gasteiger partial charge on any atom is -0.345 e. The Kier molecular flexibility index (Phi) is 4.83. The van der Waals surface area contributed by atoms with Gasteiger partial charge in [-0.25, -0.2) is 0 Å². The van der Waals surface area contributed by atoms with Crippen molar-refractivity contribution in [3.63, 3.8) is 0 Å². The number of aryl methyl sites for hydroxylation is 2. The number of amides is 1. The van der Waals surface area contributed by atoms with Crippen LogP contribution in [0, 0.1) is 6.92 Å². The molecule has 3 aromatic carbocycles. The summed E-state index contributed by atoms with van der Waals surface area (Å²) in [4.78, 5) is 13.1. The maximum absolute atomic E-state index is 13.1. The fourth-order valence-electron chi connectivity index (χ4n) is 4.35. The monoisotopic (exact) mass is 395 g/mol. The highest BCUT2D eigenvalue weighted by Crippen LogP contribution is 2.30. The van der Waals surface area contributed by atoms with E-state index in [1.54, 1.807) is 0 Å². The van der Waals surface area contributed by atoms with E-state index >= 15 is 0 Å². The maximum Gasteiger partial charge on any atom is 0.251 e. The zero-order chi connectivity index (χ0) is 20.5. The summed E-state index contributed by atoms with van der Waals surface area (Å²) in [6, 6.07) is 22.8. The molecule has 0 unspecified atom stereocenters. The van der Waals surface area contributed by atoms with Crippen LogP contribution in [0.25, 0.3) is 10.9 Å². The molecule has 1 amide bonds. The van der Waals surface area contributed by atoms with Gasteiger partial charge in [-0.1, -0.05) is 60.2 Å². The minimum atomic E-state index is -0.0262. The minimum absolute atomic E-state index is 0.0262. The number of nitrogens with zero attached hydrogens (tertiary/aromatic N) is 2. The summed E-state index contributed by atoms with van der Waals surface area (Å²) in [6.07, 6.45) is 5.04. The Morgan fingerprint density at radius 2 is 1.93 bits per heavy atom. The largest absolute Gasteiger partial charge is 0.345 e. The molecular formula is C26H25N3O. The number of hydrogen-bond acceptors (Lipinski definition) is 2. The van der Waals surface area contributed by atoms with Gasteiger partial charge in [0, 0.05) is 10.9 Å². The van der Waals surface area contributed by atoms with Crippen LogP contribution in [0.4, 0.5) is 0 Å². The molecule has 4 aromatic rings. The van der Waals surface area contributed by atoms with E-state index in [0.717, 1.165) is 30.2 Å². The molecule has 1 aliphatic rings. The lowest BCUT2D eigenvalue weighted by Gasteiger charge is -2.26. The van der Waals surface area contributed by atoms with Crippen molar-refractivity contribution >= 4 is 16.8 Å². The molecular weight excluding hydrogens is 370 g/mol.